The Bertz CT molecular complexity index is 540. The molecular formula is C23H43N3S. The minimum Gasteiger partial charge on any atom is -0.367 e. The van der Waals surface area contributed by atoms with Gasteiger partial charge in [0.25, 0.3) is 0 Å². The summed E-state index contributed by atoms with van der Waals surface area (Å²) in [6.07, 6.45) is 10.4. The molecule has 0 atom stereocenters. The highest BCUT2D eigenvalue weighted by molar-refractivity contribution is 7.12. The van der Waals surface area contributed by atoms with Crippen LogP contribution in [0.4, 0.5) is 0 Å². The summed E-state index contributed by atoms with van der Waals surface area (Å²) >= 11 is 1.99. The lowest BCUT2D eigenvalue weighted by Gasteiger charge is -2.28. The summed E-state index contributed by atoms with van der Waals surface area (Å²) in [7, 11) is 1.94. The molecule has 27 heavy (non-hydrogen) atoms. The van der Waals surface area contributed by atoms with E-state index in [1.54, 1.807) is 10.4 Å². The molecule has 0 spiro atoms. The van der Waals surface area contributed by atoms with Crippen molar-refractivity contribution in [3.63, 3.8) is 0 Å². The first kappa shape index (κ1) is 25.8. The predicted octanol–water partition coefficient (Wildman–Crippen LogP) is 6.80. The topological polar surface area (TPSA) is 48.2 Å². The molecule has 2 aliphatic rings. The Labute approximate surface area is 172 Å². The first-order valence-electron chi connectivity index (χ1n) is 10.8. The van der Waals surface area contributed by atoms with Crippen molar-refractivity contribution in [3.8, 4) is 0 Å². The second-order valence-corrected chi connectivity index (χ2v) is 8.48. The van der Waals surface area contributed by atoms with Crippen LogP contribution in [0.1, 0.15) is 94.0 Å². The quantitative estimate of drug-likeness (QED) is 0.421. The van der Waals surface area contributed by atoms with Crippen molar-refractivity contribution < 1.29 is 0 Å². The molecule has 1 fully saturated rings. The maximum Gasteiger partial charge on any atom is 0.129 e. The second kappa shape index (κ2) is 14.8. The van der Waals surface area contributed by atoms with Gasteiger partial charge in [-0.2, -0.15) is 0 Å². The molecule has 2 N–H and O–H groups in total. The minimum absolute atomic E-state index is 0.626. The molecule has 0 unspecified atom stereocenters. The molecule has 1 aromatic rings. The molecule has 1 heterocycles. The Balaban J connectivity index is 0.000000860. The van der Waals surface area contributed by atoms with Gasteiger partial charge in [-0.05, 0) is 70.1 Å². The fraction of sp³-hybridized carbons (Fsp3) is 0.739. The molecule has 0 radical (unpaired) electrons. The SMILES string of the molecule is C=N.CC.CCC.CN=C(NC1CCC(C)CC1)c1c(C)sc2c1CCC2. The standard InChI is InChI=1S/C17H26N2S.C3H8.C2H6.CH3N/c1-11-7-9-13(10-8-11)19-17(18-3)16-12(2)20-15-6-4-5-14(15)16;1-3-2;2*1-2/h11,13H,4-10H2,1-3H3,(H,18,19);3H2,1-2H3;1-2H3;2H,1H2. The number of nitrogens with one attached hydrogen (secondary N) is 2. The zero-order valence-electron chi connectivity index (χ0n) is 18.9. The smallest absolute Gasteiger partial charge is 0.129 e. The van der Waals surface area contributed by atoms with Gasteiger partial charge in [-0.15, -0.1) is 11.3 Å². The molecule has 0 amide bonds. The van der Waals surface area contributed by atoms with Gasteiger partial charge in [-0.3, -0.25) is 4.99 Å². The molecular weight excluding hydrogens is 350 g/mol. The van der Waals surface area contributed by atoms with Crippen LogP contribution in [0, 0.1) is 18.3 Å². The van der Waals surface area contributed by atoms with Crippen molar-refractivity contribution in [2.75, 3.05) is 7.05 Å². The molecule has 4 heteroatoms. The van der Waals surface area contributed by atoms with Crippen LogP contribution in [-0.2, 0) is 12.8 Å². The molecule has 3 nitrogen and oxygen atoms in total. The lowest BCUT2D eigenvalue weighted by molar-refractivity contribution is 0.331. The van der Waals surface area contributed by atoms with E-state index in [0.717, 1.165) is 11.8 Å². The summed E-state index contributed by atoms with van der Waals surface area (Å²) in [5.41, 5.74) is 3.02. The van der Waals surface area contributed by atoms with E-state index in [1.807, 2.05) is 32.2 Å². The molecule has 0 aliphatic heterocycles. The zero-order chi connectivity index (χ0) is 20.8. The van der Waals surface area contributed by atoms with Gasteiger partial charge in [0.05, 0.1) is 0 Å². The molecule has 3 rings (SSSR count). The molecule has 0 aromatic carbocycles. The number of hydrogen-bond donors (Lipinski definition) is 2. The van der Waals surface area contributed by atoms with Crippen LogP contribution in [0.3, 0.4) is 0 Å². The lowest BCUT2D eigenvalue weighted by Crippen LogP contribution is -2.38. The Morgan fingerprint density at radius 2 is 1.70 bits per heavy atom. The molecule has 1 saturated carbocycles. The summed E-state index contributed by atoms with van der Waals surface area (Å²) in [6.45, 7) is 15.4. The second-order valence-electron chi connectivity index (χ2n) is 7.17. The van der Waals surface area contributed by atoms with Gasteiger partial charge in [0, 0.05) is 28.4 Å². The van der Waals surface area contributed by atoms with Crippen molar-refractivity contribution in [3.05, 3.63) is 20.9 Å². The Morgan fingerprint density at radius 3 is 2.22 bits per heavy atom. The summed E-state index contributed by atoms with van der Waals surface area (Å²) in [5, 5.41) is 9.26. The van der Waals surface area contributed by atoms with Crippen molar-refractivity contribution in [1.29, 1.82) is 5.41 Å². The van der Waals surface area contributed by atoms with Gasteiger partial charge in [-0.1, -0.05) is 41.0 Å². The fourth-order valence-electron chi connectivity index (χ4n) is 3.70. The van der Waals surface area contributed by atoms with Crippen LogP contribution in [0.5, 0.6) is 0 Å². The first-order valence-corrected chi connectivity index (χ1v) is 11.6. The van der Waals surface area contributed by atoms with Gasteiger partial charge < -0.3 is 10.7 Å². The Hall–Kier alpha value is -1.16. The average molecular weight is 394 g/mol. The first-order chi connectivity index (χ1) is 13.1. The zero-order valence-corrected chi connectivity index (χ0v) is 19.7. The molecule has 156 valence electrons. The Kier molecular flexibility index (Phi) is 14.2. The predicted molar refractivity (Wildman–Crippen MR) is 125 cm³/mol. The molecule has 0 bridgehead atoms. The summed E-state index contributed by atoms with van der Waals surface area (Å²) in [5.74, 6) is 2.06. The van der Waals surface area contributed by atoms with Crippen LogP contribution < -0.4 is 5.32 Å². The molecule has 0 saturated heterocycles. The summed E-state index contributed by atoms with van der Waals surface area (Å²) in [6, 6.07) is 0.626. The third-order valence-corrected chi connectivity index (χ3v) is 6.12. The monoisotopic (exact) mass is 393 g/mol. The van der Waals surface area contributed by atoms with E-state index in [1.165, 1.54) is 61.8 Å². The van der Waals surface area contributed by atoms with E-state index in [2.05, 4.69) is 44.7 Å². The maximum absolute atomic E-state index is 5.50. The maximum atomic E-state index is 5.50. The number of aryl methyl sites for hydroxylation is 2. The van der Waals surface area contributed by atoms with E-state index >= 15 is 0 Å². The van der Waals surface area contributed by atoms with Crippen LogP contribution in [0.15, 0.2) is 4.99 Å². The van der Waals surface area contributed by atoms with Crippen molar-refractivity contribution in [2.45, 2.75) is 99.0 Å². The van der Waals surface area contributed by atoms with Gasteiger partial charge in [0.15, 0.2) is 0 Å². The van der Waals surface area contributed by atoms with Crippen molar-refractivity contribution in [2.24, 2.45) is 10.9 Å². The highest BCUT2D eigenvalue weighted by atomic mass is 32.1. The third-order valence-electron chi connectivity index (χ3n) is 4.91. The van der Waals surface area contributed by atoms with Crippen LogP contribution in [-0.4, -0.2) is 25.6 Å². The number of rotatable bonds is 2. The number of fused-ring (bicyclic) bond motifs is 1. The number of hydrogen-bond acceptors (Lipinski definition) is 3. The number of amidine groups is 1. The van der Waals surface area contributed by atoms with E-state index in [0.29, 0.717) is 6.04 Å². The molecule has 1 aromatic heterocycles. The number of aliphatic imine (C=N–C) groups is 1. The highest BCUT2D eigenvalue weighted by Crippen LogP contribution is 2.35. The van der Waals surface area contributed by atoms with Crippen molar-refractivity contribution >= 4 is 23.9 Å². The average Bonchev–Trinajstić information content (AvgIpc) is 3.26. The normalized spacial score (nSPS) is 20.8. The van der Waals surface area contributed by atoms with E-state index < -0.39 is 0 Å². The van der Waals surface area contributed by atoms with Gasteiger partial charge in [-0.25, -0.2) is 0 Å². The fourth-order valence-corrected chi connectivity index (χ4v) is 4.96. The van der Waals surface area contributed by atoms with Crippen LogP contribution in [0.2, 0.25) is 0 Å². The lowest BCUT2D eigenvalue weighted by atomic mass is 9.87. The third kappa shape index (κ3) is 7.77. The van der Waals surface area contributed by atoms with Crippen molar-refractivity contribution in [1.82, 2.24) is 5.32 Å². The van der Waals surface area contributed by atoms with Crippen LogP contribution in [0.25, 0.3) is 0 Å². The summed E-state index contributed by atoms with van der Waals surface area (Å²) in [4.78, 5) is 7.65. The van der Waals surface area contributed by atoms with Gasteiger partial charge in [0.2, 0.25) is 0 Å². The Morgan fingerprint density at radius 1 is 1.15 bits per heavy atom. The van der Waals surface area contributed by atoms with Gasteiger partial charge in [0.1, 0.15) is 5.84 Å². The van der Waals surface area contributed by atoms with Crippen LogP contribution >= 0.6 is 11.3 Å². The highest BCUT2D eigenvalue weighted by Gasteiger charge is 2.25. The number of thiophene rings is 1. The van der Waals surface area contributed by atoms with E-state index in [9.17, 15) is 0 Å². The van der Waals surface area contributed by atoms with E-state index in [4.69, 9.17) is 5.41 Å². The van der Waals surface area contributed by atoms with Gasteiger partial charge >= 0.3 is 0 Å². The minimum atomic E-state index is 0.626. The largest absolute Gasteiger partial charge is 0.367 e. The summed E-state index contributed by atoms with van der Waals surface area (Å²) < 4.78 is 0. The number of nitrogens with zero attached hydrogens (tertiary/aromatic N) is 1. The van der Waals surface area contributed by atoms with E-state index in [-0.39, 0.29) is 0 Å². The molecule has 2 aliphatic carbocycles.